The number of hydrogen-bond donors (Lipinski definition) is 3. The van der Waals surface area contributed by atoms with Gasteiger partial charge in [0, 0.05) is 6.54 Å². The molecule has 25 heavy (non-hydrogen) atoms. The normalized spacial score (nSPS) is 12.6. The molecule has 3 N–H and O–H groups in total. The second kappa shape index (κ2) is 13.8. The van der Waals surface area contributed by atoms with Gasteiger partial charge in [0.2, 0.25) is 0 Å². The van der Waals surface area contributed by atoms with Gasteiger partial charge in [0.25, 0.3) is 0 Å². The first-order chi connectivity index (χ1) is 11.7. The molecule has 0 aliphatic heterocycles. The number of ether oxygens (including phenoxy) is 4. The van der Waals surface area contributed by atoms with Crippen LogP contribution in [0.25, 0.3) is 0 Å². The van der Waals surface area contributed by atoms with Crippen LogP contribution < -0.4 is 5.32 Å². The second-order valence-electron chi connectivity index (χ2n) is 6.36. The van der Waals surface area contributed by atoms with E-state index in [0.29, 0.717) is 32.6 Å². The van der Waals surface area contributed by atoms with E-state index in [1.165, 1.54) is 0 Å². The summed E-state index contributed by atoms with van der Waals surface area (Å²) in [4.78, 5) is 21.6. The Morgan fingerprint density at radius 1 is 1.04 bits per heavy atom. The first-order valence-corrected chi connectivity index (χ1v) is 8.30. The van der Waals surface area contributed by atoms with Crippen LogP contribution in [0.3, 0.4) is 0 Å². The minimum atomic E-state index is -1.02. The van der Waals surface area contributed by atoms with Crippen molar-refractivity contribution < 1.29 is 38.7 Å². The van der Waals surface area contributed by atoms with Gasteiger partial charge in [-0.1, -0.05) is 0 Å². The van der Waals surface area contributed by atoms with Crippen LogP contribution in [0.15, 0.2) is 0 Å². The molecule has 0 aliphatic carbocycles. The van der Waals surface area contributed by atoms with Gasteiger partial charge >= 0.3 is 12.1 Å². The van der Waals surface area contributed by atoms with Gasteiger partial charge in [0.05, 0.1) is 39.1 Å². The Bertz CT molecular complexity index is 370. The van der Waals surface area contributed by atoms with Gasteiger partial charge in [0.1, 0.15) is 12.2 Å². The lowest BCUT2D eigenvalue weighted by molar-refractivity contribution is -0.142. The number of aliphatic hydroxyl groups is 1. The molecule has 0 aliphatic rings. The largest absolute Gasteiger partial charge is 0.480 e. The Balaban J connectivity index is 3.37. The number of alkyl carbamates (subject to hydrolysis) is 1. The lowest BCUT2D eigenvalue weighted by Gasteiger charge is -2.19. The minimum Gasteiger partial charge on any atom is -0.480 e. The Kier molecular flexibility index (Phi) is 13.0. The fraction of sp³-hybridized carbons (Fsp3) is 0.875. The predicted molar refractivity (Wildman–Crippen MR) is 89.6 cm³/mol. The van der Waals surface area contributed by atoms with Crippen LogP contribution in [-0.4, -0.2) is 80.2 Å². The van der Waals surface area contributed by atoms with E-state index >= 15 is 0 Å². The van der Waals surface area contributed by atoms with Crippen molar-refractivity contribution in [2.45, 2.75) is 45.3 Å². The van der Waals surface area contributed by atoms with Crippen LogP contribution in [0.2, 0.25) is 0 Å². The molecule has 0 rings (SSSR count). The molecule has 0 saturated carbocycles. The third kappa shape index (κ3) is 18.8. The fourth-order valence-electron chi connectivity index (χ4n) is 1.64. The van der Waals surface area contributed by atoms with Gasteiger partial charge in [-0.25, -0.2) is 9.59 Å². The van der Waals surface area contributed by atoms with Crippen molar-refractivity contribution in [3.05, 3.63) is 0 Å². The molecule has 148 valence electrons. The monoisotopic (exact) mass is 365 g/mol. The number of nitrogens with one attached hydrogen (secondary N) is 1. The highest BCUT2D eigenvalue weighted by molar-refractivity contribution is 5.68. The van der Waals surface area contributed by atoms with E-state index in [1.807, 2.05) is 0 Å². The van der Waals surface area contributed by atoms with Crippen LogP contribution in [0.5, 0.6) is 0 Å². The maximum Gasteiger partial charge on any atom is 0.407 e. The quantitative estimate of drug-likeness (QED) is 0.386. The molecule has 1 amide bonds. The number of hydrogen-bond acceptors (Lipinski definition) is 7. The average Bonchev–Trinajstić information content (AvgIpc) is 2.48. The van der Waals surface area contributed by atoms with E-state index in [-0.39, 0.29) is 26.4 Å². The van der Waals surface area contributed by atoms with E-state index in [1.54, 1.807) is 20.8 Å². The highest BCUT2D eigenvalue weighted by atomic mass is 16.6. The number of carboxylic acid groups (broad SMARTS) is 1. The van der Waals surface area contributed by atoms with E-state index < -0.39 is 23.8 Å². The Morgan fingerprint density at radius 2 is 1.64 bits per heavy atom. The summed E-state index contributed by atoms with van der Waals surface area (Å²) in [6.45, 7) is 6.80. The van der Waals surface area contributed by atoms with E-state index in [0.717, 1.165) is 0 Å². The summed E-state index contributed by atoms with van der Waals surface area (Å²) in [6, 6.07) is 0. The third-order valence-corrected chi connectivity index (χ3v) is 2.66. The summed E-state index contributed by atoms with van der Waals surface area (Å²) in [5.74, 6) is -1.02. The summed E-state index contributed by atoms with van der Waals surface area (Å²) >= 11 is 0. The van der Waals surface area contributed by atoms with Crippen molar-refractivity contribution in [1.82, 2.24) is 5.32 Å². The van der Waals surface area contributed by atoms with Crippen molar-refractivity contribution in [1.29, 1.82) is 0 Å². The van der Waals surface area contributed by atoms with Crippen molar-refractivity contribution in [3.63, 3.8) is 0 Å². The molecule has 0 radical (unpaired) electrons. The molecule has 0 heterocycles. The molecule has 0 aromatic rings. The van der Waals surface area contributed by atoms with Crippen LogP contribution in [0.4, 0.5) is 4.79 Å². The molecule has 0 fully saturated rings. The zero-order valence-corrected chi connectivity index (χ0v) is 15.3. The van der Waals surface area contributed by atoms with Crippen molar-refractivity contribution in [2.24, 2.45) is 0 Å². The second-order valence-corrected chi connectivity index (χ2v) is 6.36. The van der Waals surface area contributed by atoms with Gasteiger partial charge in [-0.3, -0.25) is 0 Å². The lowest BCUT2D eigenvalue weighted by atomic mass is 10.2. The molecule has 0 bridgehead atoms. The summed E-state index contributed by atoms with van der Waals surface area (Å²) < 4.78 is 20.3. The topological polar surface area (TPSA) is 124 Å². The minimum absolute atomic E-state index is 0.186. The van der Waals surface area contributed by atoms with Crippen molar-refractivity contribution in [3.8, 4) is 0 Å². The van der Waals surface area contributed by atoms with Crippen LogP contribution in [-0.2, 0) is 23.7 Å². The van der Waals surface area contributed by atoms with E-state index in [4.69, 9.17) is 24.1 Å². The molecular formula is C16H31NO8. The fourth-order valence-corrected chi connectivity index (χ4v) is 1.64. The van der Waals surface area contributed by atoms with E-state index in [9.17, 15) is 14.7 Å². The van der Waals surface area contributed by atoms with Gasteiger partial charge in [0.15, 0.2) is 0 Å². The highest BCUT2D eigenvalue weighted by Gasteiger charge is 2.15. The number of carbonyl (C=O) groups is 2. The summed E-state index contributed by atoms with van der Waals surface area (Å²) in [7, 11) is 0. The maximum atomic E-state index is 11.4. The van der Waals surface area contributed by atoms with Crippen LogP contribution in [0.1, 0.15) is 33.6 Å². The summed E-state index contributed by atoms with van der Waals surface area (Å²) in [5, 5.41) is 20.7. The smallest absolute Gasteiger partial charge is 0.407 e. The van der Waals surface area contributed by atoms with Gasteiger partial charge in [-0.2, -0.15) is 0 Å². The molecule has 0 aromatic carbocycles. The zero-order valence-electron chi connectivity index (χ0n) is 15.3. The molecule has 0 saturated heterocycles. The Labute approximate surface area is 148 Å². The number of carbonyl (C=O) groups excluding carboxylic acids is 1. The van der Waals surface area contributed by atoms with Crippen LogP contribution in [0, 0.1) is 0 Å². The third-order valence-electron chi connectivity index (χ3n) is 2.66. The zero-order chi connectivity index (χ0) is 19.1. The van der Waals surface area contributed by atoms with Crippen molar-refractivity contribution >= 4 is 12.1 Å². The molecule has 9 heteroatoms. The summed E-state index contributed by atoms with van der Waals surface area (Å²) in [6.07, 6.45) is 0.0305. The molecular weight excluding hydrogens is 334 g/mol. The molecule has 0 spiro atoms. The van der Waals surface area contributed by atoms with Crippen molar-refractivity contribution in [2.75, 3.05) is 46.2 Å². The van der Waals surface area contributed by atoms with Crippen LogP contribution >= 0.6 is 0 Å². The summed E-state index contributed by atoms with van der Waals surface area (Å²) in [5.41, 5.74) is -0.526. The number of amides is 1. The van der Waals surface area contributed by atoms with Gasteiger partial charge in [-0.05, 0) is 33.6 Å². The van der Waals surface area contributed by atoms with Gasteiger partial charge in [-0.15, -0.1) is 0 Å². The first-order valence-electron chi connectivity index (χ1n) is 8.30. The molecule has 9 nitrogen and oxygen atoms in total. The molecule has 1 atom stereocenters. The Morgan fingerprint density at radius 3 is 2.24 bits per heavy atom. The maximum absolute atomic E-state index is 11.4. The Hall–Kier alpha value is -1.42. The molecule has 0 aromatic heterocycles. The average molecular weight is 365 g/mol. The first kappa shape index (κ1) is 23.6. The SMILES string of the molecule is CC(C)(C)OC(=O)NCCCC(O)COCCOCCOCC(=O)O. The number of carboxylic acids is 1. The number of rotatable bonds is 14. The predicted octanol–water partition coefficient (Wildman–Crippen LogP) is 0.787. The van der Waals surface area contributed by atoms with E-state index in [2.05, 4.69) is 5.32 Å². The highest BCUT2D eigenvalue weighted by Crippen LogP contribution is 2.06. The molecule has 1 unspecified atom stereocenters. The number of aliphatic hydroxyl groups excluding tert-OH is 1. The van der Waals surface area contributed by atoms with Gasteiger partial charge < -0.3 is 34.5 Å². The lowest BCUT2D eigenvalue weighted by Crippen LogP contribution is -2.33. The standard InChI is InChI=1S/C16H31NO8/c1-16(2,3)25-15(21)17-6-4-5-13(18)11-23-9-7-22-8-10-24-12-14(19)20/h13,18H,4-12H2,1-3H3,(H,17,21)(H,19,20). The number of aliphatic carboxylic acids is 1.